The zero-order chi connectivity index (χ0) is 10.2. The SMILES string of the molecule is CCS(=O)(=O)CCCC=CCCBr. The van der Waals surface area contributed by atoms with Crippen LogP contribution in [-0.2, 0) is 9.84 Å². The quantitative estimate of drug-likeness (QED) is 0.404. The van der Waals surface area contributed by atoms with Gasteiger partial charge >= 0.3 is 0 Å². The molecule has 0 radical (unpaired) electrons. The molecule has 0 bridgehead atoms. The second-order valence-electron chi connectivity index (χ2n) is 2.83. The minimum Gasteiger partial charge on any atom is -0.229 e. The van der Waals surface area contributed by atoms with E-state index in [1.807, 2.05) is 6.08 Å². The van der Waals surface area contributed by atoms with Gasteiger partial charge in [-0.3, -0.25) is 0 Å². The molecule has 0 fully saturated rings. The third-order valence-corrected chi connectivity index (χ3v) is 3.96. The van der Waals surface area contributed by atoms with E-state index in [4.69, 9.17) is 0 Å². The van der Waals surface area contributed by atoms with E-state index in [0.717, 1.165) is 24.6 Å². The molecule has 0 heterocycles. The Morgan fingerprint density at radius 3 is 2.38 bits per heavy atom. The summed E-state index contributed by atoms with van der Waals surface area (Å²) in [4.78, 5) is 0. The van der Waals surface area contributed by atoms with Crippen LogP contribution in [0.2, 0.25) is 0 Å². The highest BCUT2D eigenvalue weighted by Gasteiger charge is 2.04. The average molecular weight is 269 g/mol. The Morgan fingerprint density at radius 1 is 1.23 bits per heavy atom. The molecule has 4 heteroatoms. The number of allylic oxidation sites excluding steroid dienone is 2. The van der Waals surface area contributed by atoms with Gasteiger partial charge in [0.2, 0.25) is 0 Å². The Bertz CT molecular complexity index is 232. The van der Waals surface area contributed by atoms with Crippen LogP contribution >= 0.6 is 15.9 Å². The molecule has 0 aliphatic carbocycles. The number of hydrogen-bond donors (Lipinski definition) is 0. The van der Waals surface area contributed by atoms with Crippen molar-refractivity contribution < 1.29 is 8.42 Å². The van der Waals surface area contributed by atoms with Gasteiger partial charge in [0.25, 0.3) is 0 Å². The summed E-state index contributed by atoms with van der Waals surface area (Å²) < 4.78 is 22.1. The summed E-state index contributed by atoms with van der Waals surface area (Å²) in [6, 6.07) is 0. The molecule has 13 heavy (non-hydrogen) atoms. The first-order chi connectivity index (χ1) is 6.12. The van der Waals surface area contributed by atoms with E-state index in [-0.39, 0.29) is 5.75 Å². The predicted molar refractivity (Wildman–Crippen MR) is 61.1 cm³/mol. The zero-order valence-corrected chi connectivity index (χ0v) is 10.4. The van der Waals surface area contributed by atoms with Crippen LogP contribution in [0, 0.1) is 0 Å². The smallest absolute Gasteiger partial charge is 0.150 e. The van der Waals surface area contributed by atoms with Crippen molar-refractivity contribution >= 4 is 25.8 Å². The summed E-state index contributed by atoms with van der Waals surface area (Å²) in [7, 11) is -2.76. The number of hydrogen-bond acceptors (Lipinski definition) is 2. The van der Waals surface area contributed by atoms with Crippen LogP contribution in [0.25, 0.3) is 0 Å². The Morgan fingerprint density at radius 2 is 1.85 bits per heavy atom. The summed E-state index contributed by atoms with van der Waals surface area (Å²) in [6.07, 6.45) is 6.75. The van der Waals surface area contributed by atoms with Gasteiger partial charge in [0.05, 0.1) is 5.75 Å². The van der Waals surface area contributed by atoms with Crippen LogP contribution in [0.5, 0.6) is 0 Å². The second kappa shape index (κ2) is 7.56. The van der Waals surface area contributed by atoms with Crippen molar-refractivity contribution in [1.29, 1.82) is 0 Å². The summed E-state index contributed by atoms with van der Waals surface area (Å²) in [6.45, 7) is 1.69. The van der Waals surface area contributed by atoms with E-state index in [0.29, 0.717) is 5.75 Å². The van der Waals surface area contributed by atoms with Crippen molar-refractivity contribution in [2.45, 2.75) is 26.2 Å². The fourth-order valence-electron chi connectivity index (χ4n) is 0.864. The molecule has 0 saturated heterocycles. The lowest BCUT2D eigenvalue weighted by Gasteiger charge is -1.97. The first-order valence-electron chi connectivity index (χ1n) is 4.53. The molecule has 2 nitrogen and oxygen atoms in total. The Balaban J connectivity index is 3.46. The van der Waals surface area contributed by atoms with Crippen molar-refractivity contribution in [1.82, 2.24) is 0 Å². The average Bonchev–Trinajstić information content (AvgIpc) is 2.11. The molecule has 0 unspecified atom stereocenters. The minimum atomic E-state index is -2.76. The van der Waals surface area contributed by atoms with Gasteiger partial charge in [-0.25, -0.2) is 8.42 Å². The second-order valence-corrected chi connectivity index (χ2v) is 6.09. The molecule has 0 atom stereocenters. The molecule has 0 N–H and O–H groups in total. The largest absolute Gasteiger partial charge is 0.229 e. The number of rotatable bonds is 7. The van der Waals surface area contributed by atoms with Crippen molar-refractivity contribution in [3.8, 4) is 0 Å². The van der Waals surface area contributed by atoms with Crippen molar-refractivity contribution in [2.75, 3.05) is 16.8 Å². The van der Waals surface area contributed by atoms with Gasteiger partial charge in [-0.15, -0.1) is 0 Å². The van der Waals surface area contributed by atoms with Crippen LogP contribution in [0.4, 0.5) is 0 Å². The van der Waals surface area contributed by atoms with Gasteiger partial charge in [0.1, 0.15) is 9.84 Å². The topological polar surface area (TPSA) is 34.1 Å². The van der Waals surface area contributed by atoms with Crippen LogP contribution in [-0.4, -0.2) is 25.3 Å². The Labute approximate surface area is 89.5 Å². The monoisotopic (exact) mass is 268 g/mol. The maximum atomic E-state index is 11.1. The van der Waals surface area contributed by atoms with Crippen molar-refractivity contribution in [3.05, 3.63) is 12.2 Å². The third kappa shape index (κ3) is 8.50. The molecule has 0 saturated carbocycles. The summed E-state index contributed by atoms with van der Waals surface area (Å²) in [5.41, 5.74) is 0. The van der Waals surface area contributed by atoms with E-state index in [9.17, 15) is 8.42 Å². The van der Waals surface area contributed by atoms with Crippen molar-refractivity contribution in [3.63, 3.8) is 0 Å². The molecule has 0 aromatic heterocycles. The predicted octanol–water partition coefficient (Wildman–Crippen LogP) is 2.54. The molecular formula is C9H17BrO2S. The lowest BCUT2D eigenvalue weighted by molar-refractivity contribution is 0.595. The number of alkyl halides is 1. The zero-order valence-electron chi connectivity index (χ0n) is 8.00. The molecule has 0 aromatic rings. The summed E-state index contributed by atoms with van der Waals surface area (Å²) in [5.74, 6) is 0.584. The first-order valence-corrected chi connectivity index (χ1v) is 7.48. The lowest BCUT2D eigenvalue weighted by Crippen LogP contribution is -2.07. The number of halogens is 1. The normalized spacial score (nSPS) is 12.5. The van der Waals surface area contributed by atoms with Crippen molar-refractivity contribution in [2.24, 2.45) is 0 Å². The molecule has 78 valence electrons. The molecular weight excluding hydrogens is 252 g/mol. The fraction of sp³-hybridized carbons (Fsp3) is 0.778. The summed E-state index contributed by atoms with van der Waals surface area (Å²) in [5, 5.41) is 0.969. The molecule has 0 aliphatic rings. The van der Waals surface area contributed by atoms with Gasteiger partial charge in [0.15, 0.2) is 0 Å². The van der Waals surface area contributed by atoms with Crippen LogP contribution in [0.1, 0.15) is 26.2 Å². The highest BCUT2D eigenvalue weighted by molar-refractivity contribution is 9.09. The molecule has 0 aliphatic heterocycles. The number of sulfone groups is 1. The van der Waals surface area contributed by atoms with Crippen LogP contribution < -0.4 is 0 Å². The molecule has 0 aromatic carbocycles. The van der Waals surface area contributed by atoms with Crippen LogP contribution in [0.15, 0.2) is 12.2 Å². The highest BCUT2D eigenvalue weighted by Crippen LogP contribution is 1.99. The Kier molecular flexibility index (Phi) is 7.66. The van der Waals surface area contributed by atoms with Gasteiger partial charge < -0.3 is 0 Å². The van der Waals surface area contributed by atoms with Gasteiger partial charge in [-0.1, -0.05) is 35.0 Å². The van der Waals surface area contributed by atoms with Crippen LogP contribution in [0.3, 0.4) is 0 Å². The van der Waals surface area contributed by atoms with Gasteiger partial charge in [-0.2, -0.15) is 0 Å². The lowest BCUT2D eigenvalue weighted by atomic mass is 10.3. The van der Waals surface area contributed by atoms with E-state index >= 15 is 0 Å². The molecule has 0 rings (SSSR count). The minimum absolute atomic E-state index is 0.262. The van der Waals surface area contributed by atoms with E-state index in [2.05, 4.69) is 22.0 Å². The molecule has 0 amide bonds. The maximum absolute atomic E-state index is 11.1. The maximum Gasteiger partial charge on any atom is 0.150 e. The highest BCUT2D eigenvalue weighted by atomic mass is 79.9. The van der Waals surface area contributed by atoms with E-state index < -0.39 is 9.84 Å². The first kappa shape index (κ1) is 13.2. The van der Waals surface area contributed by atoms with Gasteiger partial charge in [-0.05, 0) is 19.3 Å². The Hall–Kier alpha value is 0.170. The molecule has 0 spiro atoms. The number of unbranched alkanes of at least 4 members (excludes halogenated alkanes) is 1. The van der Waals surface area contributed by atoms with Gasteiger partial charge in [0, 0.05) is 11.1 Å². The standard InChI is InChI=1S/C9H17BrO2S/c1-2-13(11,12)9-7-5-3-4-6-8-10/h3-4H,2,5-9H2,1H3. The summed E-state index contributed by atoms with van der Waals surface area (Å²) >= 11 is 3.31. The third-order valence-electron chi connectivity index (χ3n) is 1.71. The van der Waals surface area contributed by atoms with E-state index in [1.165, 1.54) is 0 Å². The fourth-order valence-corrected chi connectivity index (χ4v) is 2.02. The van der Waals surface area contributed by atoms with E-state index in [1.54, 1.807) is 6.92 Å².